The molecule has 0 aliphatic heterocycles. The molecule has 0 atom stereocenters. The van der Waals surface area contributed by atoms with Gasteiger partial charge in [0.2, 0.25) is 0 Å². The summed E-state index contributed by atoms with van der Waals surface area (Å²) in [6, 6.07) is 15.5. The van der Waals surface area contributed by atoms with E-state index in [1.165, 1.54) is 5.56 Å². The van der Waals surface area contributed by atoms with Crippen LogP contribution in [-0.2, 0) is 6.61 Å². The number of ether oxygens (including phenoxy) is 2. The topological polar surface area (TPSA) is 52.1 Å². The Morgan fingerprint density at radius 2 is 1.87 bits per heavy atom. The summed E-state index contributed by atoms with van der Waals surface area (Å²) >= 11 is 5.34. The third-order valence-corrected chi connectivity index (χ3v) is 3.73. The van der Waals surface area contributed by atoms with Gasteiger partial charge in [0.15, 0.2) is 10.6 Å². The van der Waals surface area contributed by atoms with Crippen LogP contribution in [-0.4, -0.2) is 21.9 Å². The fourth-order valence-corrected chi connectivity index (χ4v) is 2.52. The zero-order valence-electron chi connectivity index (χ0n) is 12.9. The molecule has 23 heavy (non-hydrogen) atoms. The highest BCUT2D eigenvalue weighted by atomic mass is 32.1. The molecule has 0 amide bonds. The van der Waals surface area contributed by atoms with Crippen molar-refractivity contribution in [3.05, 3.63) is 64.7 Å². The second kappa shape index (κ2) is 6.66. The van der Waals surface area contributed by atoms with Gasteiger partial charge in [-0.2, -0.15) is 5.10 Å². The zero-order chi connectivity index (χ0) is 16.2. The van der Waals surface area contributed by atoms with Gasteiger partial charge in [-0.25, -0.2) is 0 Å². The first-order valence-electron chi connectivity index (χ1n) is 7.18. The Labute approximate surface area is 139 Å². The van der Waals surface area contributed by atoms with Gasteiger partial charge in [-0.05, 0) is 43.4 Å². The van der Waals surface area contributed by atoms with E-state index in [0.29, 0.717) is 17.2 Å². The lowest BCUT2D eigenvalue weighted by atomic mass is 10.2. The maximum absolute atomic E-state index is 5.81. The van der Waals surface area contributed by atoms with E-state index in [1.54, 1.807) is 7.11 Å². The third kappa shape index (κ3) is 3.27. The number of aryl methyl sites for hydroxylation is 1. The quantitative estimate of drug-likeness (QED) is 0.724. The maximum Gasteiger partial charge on any atom is 0.200 e. The van der Waals surface area contributed by atoms with Crippen molar-refractivity contribution in [2.24, 2.45) is 0 Å². The number of methoxy groups -OCH3 is 1. The van der Waals surface area contributed by atoms with Crippen LogP contribution in [0.4, 0.5) is 0 Å². The molecule has 118 valence electrons. The van der Waals surface area contributed by atoms with Gasteiger partial charge in [0.1, 0.15) is 18.1 Å². The molecule has 1 aromatic heterocycles. The van der Waals surface area contributed by atoms with Gasteiger partial charge in [0.05, 0.1) is 12.8 Å². The summed E-state index contributed by atoms with van der Waals surface area (Å²) in [6.07, 6.45) is 0. The summed E-state index contributed by atoms with van der Waals surface area (Å²) in [6.45, 7) is 2.34. The van der Waals surface area contributed by atoms with Crippen molar-refractivity contribution in [2.45, 2.75) is 13.5 Å². The van der Waals surface area contributed by atoms with Gasteiger partial charge in [-0.1, -0.05) is 29.8 Å². The molecular formula is C17H17N3O2S. The summed E-state index contributed by atoms with van der Waals surface area (Å²) in [5, 5.41) is 7.08. The number of nitrogens with one attached hydrogen (secondary N) is 1. The van der Waals surface area contributed by atoms with Gasteiger partial charge >= 0.3 is 0 Å². The Morgan fingerprint density at radius 3 is 2.61 bits per heavy atom. The first kappa shape index (κ1) is 15.3. The van der Waals surface area contributed by atoms with Crippen LogP contribution >= 0.6 is 12.2 Å². The number of benzene rings is 2. The minimum absolute atomic E-state index is 0.300. The Morgan fingerprint density at radius 1 is 1.13 bits per heavy atom. The van der Waals surface area contributed by atoms with Gasteiger partial charge in [0, 0.05) is 0 Å². The van der Waals surface area contributed by atoms with E-state index in [-0.39, 0.29) is 0 Å². The highest BCUT2D eigenvalue weighted by Gasteiger charge is 2.12. The Hall–Kier alpha value is -2.60. The largest absolute Gasteiger partial charge is 0.495 e. The van der Waals surface area contributed by atoms with E-state index in [4.69, 9.17) is 21.7 Å². The Kier molecular flexibility index (Phi) is 4.43. The fraction of sp³-hybridized carbons (Fsp3) is 0.176. The molecular weight excluding hydrogens is 310 g/mol. The van der Waals surface area contributed by atoms with E-state index in [2.05, 4.69) is 10.2 Å². The number of aromatic amines is 1. The van der Waals surface area contributed by atoms with E-state index in [1.807, 2.05) is 60.0 Å². The molecule has 3 aromatic rings. The first-order chi connectivity index (χ1) is 11.2. The van der Waals surface area contributed by atoms with Crippen LogP contribution in [0.5, 0.6) is 11.5 Å². The number of para-hydroxylation sites is 2. The van der Waals surface area contributed by atoms with Crippen LogP contribution in [0.25, 0.3) is 5.69 Å². The van der Waals surface area contributed by atoms with Gasteiger partial charge in [-0.3, -0.25) is 9.67 Å². The molecule has 1 N–H and O–H groups in total. The standard InChI is InChI=1S/C17H17N3O2S/c1-12-7-9-13(10-8-12)22-11-16-18-19-17(23)20(16)14-5-3-4-6-15(14)21-2/h3-10H,11H2,1-2H3,(H,19,23). The molecule has 2 aromatic carbocycles. The van der Waals surface area contributed by atoms with Crippen LogP contribution in [0, 0.1) is 11.7 Å². The molecule has 5 nitrogen and oxygen atoms in total. The molecule has 0 radical (unpaired) electrons. The number of rotatable bonds is 5. The van der Waals surface area contributed by atoms with Gasteiger partial charge in [0.25, 0.3) is 0 Å². The van der Waals surface area contributed by atoms with Crippen LogP contribution < -0.4 is 9.47 Å². The minimum Gasteiger partial charge on any atom is -0.495 e. The number of hydrogen-bond acceptors (Lipinski definition) is 4. The summed E-state index contributed by atoms with van der Waals surface area (Å²) in [5.74, 6) is 2.19. The lowest BCUT2D eigenvalue weighted by Crippen LogP contribution is -2.07. The van der Waals surface area contributed by atoms with Crippen LogP contribution in [0.3, 0.4) is 0 Å². The SMILES string of the molecule is COc1ccccc1-n1c(COc2ccc(C)cc2)n[nH]c1=S. The molecule has 0 aliphatic rings. The predicted octanol–water partition coefficient (Wildman–Crippen LogP) is 3.83. The van der Waals surface area contributed by atoms with Gasteiger partial charge in [-0.15, -0.1) is 0 Å². The van der Waals surface area contributed by atoms with E-state index in [0.717, 1.165) is 17.2 Å². The van der Waals surface area contributed by atoms with Crippen molar-refractivity contribution in [3.8, 4) is 17.2 Å². The van der Waals surface area contributed by atoms with E-state index < -0.39 is 0 Å². The molecule has 1 heterocycles. The molecule has 0 fully saturated rings. The lowest BCUT2D eigenvalue weighted by molar-refractivity contribution is 0.293. The number of H-pyrrole nitrogens is 1. The first-order valence-corrected chi connectivity index (χ1v) is 7.59. The molecule has 0 saturated heterocycles. The minimum atomic E-state index is 0.300. The van der Waals surface area contributed by atoms with Crippen molar-refractivity contribution in [3.63, 3.8) is 0 Å². The summed E-state index contributed by atoms with van der Waals surface area (Å²) < 4.78 is 13.5. The normalized spacial score (nSPS) is 10.5. The average molecular weight is 327 g/mol. The Balaban J connectivity index is 1.90. The second-order valence-corrected chi connectivity index (χ2v) is 5.44. The number of nitrogens with zero attached hydrogens (tertiary/aromatic N) is 2. The smallest absolute Gasteiger partial charge is 0.200 e. The predicted molar refractivity (Wildman–Crippen MR) is 90.8 cm³/mol. The van der Waals surface area contributed by atoms with Crippen LogP contribution in [0.1, 0.15) is 11.4 Å². The number of aromatic nitrogens is 3. The van der Waals surface area contributed by atoms with Crippen molar-refractivity contribution >= 4 is 12.2 Å². The summed E-state index contributed by atoms with van der Waals surface area (Å²) in [7, 11) is 1.63. The number of hydrogen-bond donors (Lipinski definition) is 1. The van der Waals surface area contributed by atoms with Crippen molar-refractivity contribution in [1.29, 1.82) is 0 Å². The fourth-order valence-electron chi connectivity index (χ4n) is 2.27. The Bertz CT molecular complexity index is 853. The second-order valence-electron chi connectivity index (χ2n) is 5.05. The molecule has 0 unspecified atom stereocenters. The molecule has 3 rings (SSSR count). The molecule has 0 bridgehead atoms. The molecule has 0 aliphatic carbocycles. The summed E-state index contributed by atoms with van der Waals surface area (Å²) in [5.41, 5.74) is 2.02. The van der Waals surface area contributed by atoms with Crippen molar-refractivity contribution in [1.82, 2.24) is 14.8 Å². The molecule has 0 saturated carbocycles. The van der Waals surface area contributed by atoms with Gasteiger partial charge < -0.3 is 9.47 Å². The lowest BCUT2D eigenvalue weighted by Gasteiger charge is -2.12. The highest BCUT2D eigenvalue weighted by molar-refractivity contribution is 7.71. The average Bonchev–Trinajstić information content (AvgIpc) is 2.95. The maximum atomic E-state index is 5.81. The van der Waals surface area contributed by atoms with E-state index in [9.17, 15) is 0 Å². The molecule has 6 heteroatoms. The third-order valence-electron chi connectivity index (χ3n) is 3.46. The summed E-state index contributed by atoms with van der Waals surface area (Å²) in [4.78, 5) is 0. The van der Waals surface area contributed by atoms with Crippen molar-refractivity contribution in [2.75, 3.05) is 7.11 Å². The molecule has 0 spiro atoms. The zero-order valence-corrected chi connectivity index (χ0v) is 13.8. The monoisotopic (exact) mass is 327 g/mol. The van der Waals surface area contributed by atoms with E-state index >= 15 is 0 Å². The van der Waals surface area contributed by atoms with Crippen molar-refractivity contribution < 1.29 is 9.47 Å². The highest BCUT2D eigenvalue weighted by Crippen LogP contribution is 2.24. The van der Waals surface area contributed by atoms with Crippen LogP contribution in [0.15, 0.2) is 48.5 Å². The van der Waals surface area contributed by atoms with Crippen LogP contribution in [0.2, 0.25) is 0 Å².